The first kappa shape index (κ1) is 12.5. The van der Waals surface area contributed by atoms with Crippen molar-refractivity contribution in [3.05, 3.63) is 0 Å². The van der Waals surface area contributed by atoms with Gasteiger partial charge < -0.3 is 20.1 Å². The monoisotopic (exact) mass is 192 g/mol. The van der Waals surface area contributed by atoms with Crippen LogP contribution in [0.1, 0.15) is 13.3 Å². The van der Waals surface area contributed by atoms with Gasteiger partial charge in [0.25, 0.3) is 0 Å². The quantitative estimate of drug-likeness (QED) is 0.486. The van der Waals surface area contributed by atoms with Crippen LogP contribution in [0.4, 0.5) is 0 Å². The maximum absolute atomic E-state index is 11.1. The van der Waals surface area contributed by atoms with Gasteiger partial charge in [0.2, 0.25) is 0 Å². The van der Waals surface area contributed by atoms with Crippen LogP contribution in [-0.4, -0.2) is 53.1 Å². The Kier molecular flexibility index (Phi) is 5.81. The molecule has 0 bridgehead atoms. The Balaban J connectivity index is 3.91. The number of ketones is 1. The van der Waals surface area contributed by atoms with Gasteiger partial charge in [0.05, 0.1) is 12.7 Å². The molecule has 0 amide bonds. The van der Waals surface area contributed by atoms with E-state index >= 15 is 0 Å². The first-order chi connectivity index (χ1) is 6.02. The summed E-state index contributed by atoms with van der Waals surface area (Å²) in [6, 6.07) is 0. The number of hydrogen-bond donors (Lipinski definition) is 3. The third kappa shape index (κ3) is 4.33. The van der Waals surface area contributed by atoms with Crippen molar-refractivity contribution in [2.75, 3.05) is 13.7 Å². The predicted molar refractivity (Wildman–Crippen MR) is 45.2 cm³/mol. The third-order valence-electron chi connectivity index (χ3n) is 1.85. The van der Waals surface area contributed by atoms with Crippen LogP contribution in [0.2, 0.25) is 0 Å². The molecule has 3 N–H and O–H groups in total. The zero-order chi connectivity index (χ0) is 10.4. The Bertz CT molecular complexity index is 159. The zero-order valence-electron chi connectivity index (χ0n) is 7.80. The summed E-state index contributed by atoms with van der Waals surface area (Å²) in [6.45, 7) is 0.996. The Morgan fingerprint density at radius 1 is 1.38 bits per heavy atom. The molecule has 5 nitrogen and oxygen atoms in total. The highest BCUT2D eigenvalue weighted by molar-refractivity contribution is 5.83. The lowest BCUT2D eigenvalue weighted by atomic mass is 10.1. The summed E-state index contributed by atoms with van der Waals surface area (Å²) >= 11 is 0. The molecule has 0 radical (unpaired) electrons. The molecule has 0 aliphatic carbocycles. The van der Waals surface area contributed by atoms with E-state index in [-0.39, 0.29) is 12.2 Å². The van der Waals surface area contributed by atoms with E-state index in [1.54, 1.807) is 6.92 Å². The number of rotatable bonds is 6. The minimum Gasteiger partial charge on any atom is -0.394 e. The Morgan fingerprint density at radius 3 is 2.31 bits per heavy atom. The van der Waals surface area contributed by atoms with Crippen LogP contribution in [-0.2, 0) is 9.53 Å². The number of carbonyl (C=O) groups is 1. The van der Waals surface area contributed by atoms with Crippen LogP contribution in [0.3, 0.4) is 0 Å². The number of carbonyl (C=O) groups excluding carboxylic acids is 1. The predicted octanol–water partition coefficient (Wildman–Crippen LogP) is -1.31. The Labute approximate surface area is 77.0 Å². The second kappa shape index (κ2) is 6.04. The van der Waals surface area contributed by atoms with Gasteiger partial charge in [-0.1, -0.05) is 0 Å². The molecule has 0 rings (SSSR count). The molecule has 0 spiro atoms. The van der Waals surface area contributed by atoms with Crippen LogP contribution in [0.5, 0.6) is 0 Å². The van der Waals surface area contributed by atoms with Gasteiger partial charge in [-0.25, -0.2) is 0 Å². The van der Waals surface area contributed by atoms with Crippen molar-refractivity contribution in [2.24, 2.45) is 0 Å². The van der Waals surface area contributed by atoms with Crippen molar-refractivity contribution >= 4 is 5.78 Å². The number of methoxy groups -OCH3 is 1. The first-order valence-electron chi connectivity index (χ1n) is 4.05. The van der Waals surface area contributed by atoms with E-state index in [9.17, 15) is 4.79 Å². The first-order valence-corrected chi connectivity index (χ1v) is 4.05. The number of aliphatic hydroxyl groups is 3. The van der Waals surface area contributed by atoms with Gasteiger partial charge in [-0.3, -0.25) is 4.79 Å². The van der Waals surface area contributed by atoms with Gasteiger partial charge in [0, 0.05) is 13.5 Å². The molecule has 0 heterocycles. The van der Waals surface area contributed by atoms with Gasteiger partial charge >= 0.3 is 0 Å². The fraction of sp³-hybridized carbons (Fsp3) is 0.875. The van der Waals surface area contributed by atoms with Crippen LogP contribution in [0, 0.1) is 0 Å². The molecular weight excluding hydrogens is 176 g/mol. The van der Waals surface area contributed by atoms with E-state index in [2.05, 4.69) is 0 Å². The summed E-state index contributed by atoms with van der Waals surface area (Å²) in [7, 11) is 1.39. The van der Waals surface area contributed by atoms with Crippen molar-refractivity contribution < 1.29 is 24.9 Å². The molecule has 0 saturated carbocycles. The van der Waals surface area contributed by atoms with E-state index in [0.717, 1.165) is 0 Å². The highest BCUT2D eigenvalue weighted by Crippen LogP contribution is 2.03. The maximum atomic E-state index is 11.1. The van der Waals surface area contributed by atoms with Crippen molar-refractivity contribution in [3.63, 3.8) is 0 Å². The molecule has 1 unspecified atom stereocenters. The molecule has 0 aliphatic rings. The number of Topliss-reactive ketones (excluding diaryl/α,β-unsaturated/α-hetero) is 1. The normalized spacial score (nSPS) is 17.9. The lowest BCUT2D eigenvalue weighted by Gasteiger charge is -2.16. The molecule has 5 heteroatoms. The average molecular weight is 192 g/mol. The van der Waals surface area contributed by atoms with Gasteiger partial charge in [-0.05, 0) is 6.92 Å². The van der Waals surface area contributed by atoms with Crippen molar-refractivity contribution in [3.8, 4) is 0 Å². The lowest BCUT2D eigenvalue weighted by molar-refractivity contribution is -0.132. The standard InChI is InChI=1S/C8H16O5/c1-5(13-2)6(10)3-7(11)8(12)4-9/h5,7-9,11-12H,3-4H2,1-2H3/t5?,7-,8+/m0/s1. The minimum absolute atomic E-state index is 0.212. The number of ether oxygens (including phenoxy) is 1. The second-order valence-corrected chi connectivity index (χ2v) is 2.87. The second-order valence-electron chi connectivity index (χ2n) is 2.87. The van der Waals surface area contributed by atoms with E-state index in [1.165, 1.54) is 7.11 Å². The average Bonchev–Trinajstić information content (AvgIpc) is 2.14. The van der Waals surface area contributed by atoms with Crippen LogP contribution in [0.15, 0.2) is 0 Å². The summed E-state index contributed by atoms with van der Waals surface area (Å²) in [5, 5.41) is 26.5. The topological polar surface area (TPSA) is 87.0 Å². The van der Waals surface area contributed by atoms with E-state index < -0.39 is 24.9 Å². The van der Waals surface area contributed by atoms with Gasteiger partial charge in [0.15, 0.2) is 5.78 Å². The summed E-state index contributed by atoms with van der Waals surface area (Å²) in [4.78, 5) is 11.1. The minimum atomic E-state index is -1.27. The summed E-state index contributed by atoms with van der Waals surface area (Å²) in [5.74, 6) is -0.303. The smallest absolute Gasteiger partial charge is 0.163 e. The van der Waals surface area contributed by atoms with Crippen molar-refractivity contribution in [1.82, 2.24) is 0 Å². The molecule has 0 aromatic carbocycles. The molecule has 13 heavy (non-hydrogen) atoms. The summed E-state index contributed by atoms with van der Waals surface area (Å²) < 4.78 is 4.72. The lowest BCUT2D eigenvalue weighted by Crippen LogP contribution is -2.34. The molecule has 0 fully saturated rings. The number of hydrogen-bond acceptors (Lipinski definition) is 5. The largest absolute Gasteiger partial charge is 0.394 e. The Hall–Kier alpha value is -0.490. The highest BCUT2D eigenvalue weighted by Gasteiger charge is 2.21. The fourth-order valence-electron chi connectivity index (χ4n) is 0.761. The van der Waals surface area contributed by atoms with Crippen molar-refractivity contribution in [1.29, 1.82) is 0 Å². The SMILES string of the molecule is COC(C)C(=O)C[C@H](O)[C@H](O)CO. The molecule has 0 aromatic heterocycles. The highest BCUT2D eigenvalue weighted by atomic mass is 16.5. The fourth-order valence-corrected chi connectivity index (χ4v) is 0.761. The van der Waals surface area contributed by atoms with E-state index in [4.69, 9.17) is 20.1 Å². The van der Waals surface area contributed by atoms with Gasteiger partial charge in [-0.15, -0.1) is 0 Å². The summed E-state index contributed by atoms with van der Waals surface area (Å²) in [5.41, 5.74) is 0. The van der Waals surface area contributed by atoms with E-state index in [1.807, 2.05) is 0 Å². The molecular formula is C8H16O5. The van der Waals surface area contributed by atoms with E-state index in [0.29, 0.717) is 0 Å². The molecule has 0 saturated heterocycles. The maximum Gasteiger partial charge on any atom is 0.163 e. The molecule has 3 atom stereocenters. The Morgan fingerprint density at radius 2 is 1.92 bits per heavy atom. The van der Waals surface area contributed by atoms with Crippen molar-refractivity contribution in [2.45, 2.75) is 31.7 Å². The zero-order valence-corrected chi connectivity index (χ0v) is 7.80. The molecule has 0 aliphatic heterocycles. The third-order valence-corrected chi connectivity index (χ3v) is 1.85. The molecule has 78 valence electrons. The van der Waals surface area contributed by atoms with Crippen LogP contribution >= 0.6 is 0 Å². The van der Waals surface area contributed by atoms with Gasteiger partial charge in [-0.2, -0.15) is 0 Å². The number of aliphatic hydroxyl groups excluding tert-OH is 3. The van der Waals surface area contributed by atoms with Crippen LogP contribution in [0.25, 0.3) is 0 Å². The van der Waals surface area contributed by atoms with Crippen LogP contribution < -0.4 is 0 Å². The van der Waals surface area contributed by atoms with Gasteiger partial charge in [0.1, 0.15) is 12.2 Å². The summed E-state index contributed by atoms with van der Waals surface area (Å²) in [6.07, 6.45) is -3.31. The molecule has 0 aromatic rings.